The van der Waals surface area contributed by atoms with Gasteiger partial charge in [-0.1, -0.05) is 12.1 Å². The van der Waals surface area contributed by atoms with E-state index in [1.54, 1.807) is 16.9 Å². The fraction of sp³-hybridized carbons (Fsp3) is 0.444. The summed E-state index contributed by atoms with van der Waals surface area (Å²) >= 11 is 0. The molecule has 0 bridgehead atoms. The van der Waals surface area contributed by atoms with Crippen LogP contribution in [0.1, 0.15) is 25.5 Å². The van der Waals surface area contributed by atoms with E-state index in [0.29, 0.717) is 17.4 Å². The minimum absolute atomic E-state index is 0.330. The number of piperidine rings is 1. The Bertz CT molecular complexity index is 1250. The molecule has 3 aromatic rings. The second-order valence-electron chi connectivity index (χ2n) is 9.76. The minimum atomic E-state index is -0.330. The average molecular weight is 476 g/mol. The Hall–Kier alpha value is -3.10. The van der Waals surface area contributed by atoms with Gasteiger partial charge in [-0.15, -0.1) is 0 Å². The number of allylic oxidation sites excluding steroid dienone is 1. The quantitative estimate of drug-likeness (QED) is 0.512. The molecule has 1 aromatic carbocycles. The van der Waals surface area contributed by atoms with Crippen LogP contribution in [0.5, 0.6) is 0 Å². The number of aromatic nitrogens is 3. The van der Waals surface area contributed by atoms with Crippen molar-refractivity contribution in [1.29, 1.82) is 0 Å². The van der Waals surface area contributed by atoms with Gasteiger partial charge in [0.2, 0.25) is 0 Å². The van der Waals surface area contributed by atoms with E-state index in [-0.39, 0.29) is 5.82 Å². The number of aliphatic imine (C=N–C) groups is 1. The van der Waals surface area contributed by atoms with Crippen molar-refractivity contribution >= 4 is 29.6 Å². The van der Waals surface area contributed by atoms with Gasteiger partial charge < -0.3 is 9.80 Å². The maximum absolute atomic E-state index is 14.5. The Morgan fingerprint density at radius 1 is 1.11 bits per heavy atom. The molecular weight excluding hydrogens is 441 g/mol. The number of halogens is 1. The van der Waals surface area contributed by atoms with Crippen molar-refractivity contribution in [2.45, 2.75) is 32.7 Å². The van der Waals surface area contributed by atoms with E-state index in [2.05, 4.69) is 50.5 Å². The molecule has 8 heteroatoms. The van der Waals surface area contributed by atoms with E-state index in [9.17, 15) is 4.39 Å². The van der Waals surface area contributed by atoms with Crippen LogP contribution in [-0.2, 0) is 0 Å². The molecule has 0 aliphatic carbocycles. The summed E-state index contributed by atoms with van der Waals surface area (Å²) in [5.41, 5.74) is 3.94. The molecule has 184 valence electrons. The van der Waals surface area contributed by atoms with Crippen LogP contribution in [0, 0.1) is 12.7 Å². The van der Waals surface area contributed by atoms with Crippen LogP contribution in [-0.4, -0.2) is 88.5 Å². The molecule has 2 saturated heterocycles. The number of likely N-dealkylation sites (N-methyl/N-ethyl adjacent to an activating group) is 1. The second-order valence-corrected chi connectivity index (χ2v) is 9.76. The highest BCUT2D eigenvalue weighted by atomic mass is 19.1. The van der Waals surface area contributed by atoms with Crippen molar-refractivity contribution in [3.63, 3.8) is 0 Å². The molecule has 0 amide bonds. The number of hydrogen-bond donors (Lipinski definition) is 0. The monoisotopic (exact) mass is 475 g/mol. The molecule has 0 spiro atoms. The zero-order valence-corrected chi connectivity index (χ0v) is 20.9. The molecule has 2 fully saturated rings. The highest BCUT2D eigenvalue weighted by Crippen LogP contribution is 2.36. The zero-order chi connectivity index (χ0) is 24.5. The summed E-state index contributed by atoms with van der Waals surface area (Å²) in [4.78, 5) is 16.2. The molecule has 0 radical (unpaired) electrons. The van der Waals surface area contributed by atoms with Gasteiger partial charge in [-0.2, -0.15) is 5.10 Å². The first-order chi connectivity index (χ1) is 16.9. The molecule has 2 aliphatic rings. The van der Waals surface area contributed by atoms with Crippen LogP contribution in [0.2, 0.25) is 0 Å². The van der Waals surface area contributed by atoms with Crippen molar-refractivity contribution in [2.75, 3.05) is 46.3 Å². The Kier molecular flexibility index (Phi) is 6.67. The highest BCUT2D eigenvalue weighted by molar-refractivity contribution is 5.97. The van der Waals surface area contributed by atoms with E-state index >= 15 is 0 Å². The van der Waals surface area contributed by atoms with Crippen LogP contribution in [0.15, 0.2) is 41.2 Å². The minimum Gasteiger partial charge on any atom is -0.374 e. The Balaban J connectivity index is 1.37. The molecule has 2 aliphatic heterocycles. The number of rotatable bonds is 5. The van der Waals surface area contributed by atoms with E-state index < -0.39 is 0 Å². The molecule has 0 unspecified atom stereocenters. The summed E-state index contributed by atoms with van der Waals surface area (Å²) < 4.78 is 16.2. The highest BCUT2D eigenvalue weighted by Gasteiger charge is 2.27. The zero-order valence-electron chi connectivity index (χ0n) is 20.9. The fourth-order valence-corrected chi connectivity index (χ4v) is 5.39. The first kappa shape index (κ1) is 23.6. The summed E-state index contributed by atoms with van der Waals surface area (Å²) in [7, 11) is 2.21. The number of aryl methyl sites for hydroxylation is 1. The molecule has 0 atom stereocenters. The van der Waals surface area contributed by atoms with Crippen molar-refractivity contribution < 1.29 is 4.39 Å². The maximum Gasteiger partial charge on any atom is 0.162 e. The molecule has 0 N–H and O–H groups in total. The van der Waals surface area contributed by atoms with Gasteiger partial charge in [-0.3, -0.25) is 9.88 Å². The number of likely N-dealkylation sites (tertiary alicyclic amines) is 1. The van der Waals surface area contributed by atoms with Gasteiger partial charge in [0.15, 0.2) is 5.82 Å². The number of hydrogen-bond acceptors (Lipinski definition) is 6. The van der Waals surface area contributed by atoms with E-state index in [0.717, 1.165) is 54.1 Å². The van der Waals surface area contributed by atoms with E-state index in [4.69, 9.17) is 0 Å². The first-order valence-electron chi connectivity index (χ1n) is 12.4. The SMILES string of the molecule is C=Nc1c(-c2cc(C)nc3c(F)cccc23)cnn1/C=C(\C)N1CCC(N2CCN(C)CC2)CC1. The van der Waals surface area contributed by atoms with Gasteiger partial charge in [0.25, 0.3) is 0 Å². The van der Waals surface area contributed by atoms with Gasteiger partial charge in [-0.05, 0) is 58.2 Å². The lowest BCUT2D eigenvalue weighted by molar-refractivity contribution is 0.0759. The molecule has 5 rings (SSSR count). The summed E-state index contributed by atoms with van der Waals surface area (Å²) in [5, 5.41) is 5.35. The molecule has 35 heavy (non-hydrogen) atoms. The van der Waals surface area contributed by atoms with Crippen molar-refractivity contribution in [3.05, 3.63) is 47.7 Å². The molecule has 4 heterocycles. The maximum atomic E-state index is 14.5. The van der Waals surface area contributed by atoms with Crippen molar-refractivity contribution in [1.82, 2.24) is 29.5 Å². The Morgan fingerprint density at radius 3 is 2.57 bits per heavy atom. The standard InChI is InChI=1S/C27H34FN7/c1-19-16-23(22-6-5-7-25(28)26(22)31-19)24-17-30-35(27(24)29-3)18-20(2)33-10-8-21(9-11-33)34-14-12-32(4)13-15-34/h5-7,16-18,21H,3,8-15H2,1-2,4H3/b20-18+. The number of benzene rings is 1. The molecule has 2 aromatic heterocycles. The predicted octanol–water partition coefficient (Wildman–Crippen LogP) is 4.41. The number of pyridine rings is 1. The van der Waals surface area contributed by atoms with Gasteiger partial charge in [0.05, 0.1) is 6.20 Å². The van der Waals surface area contributed by atoms with Crippen LogP contribution < -0.4 is 0 Å². The van der Waals surface area contributed by atoms with E-state index in [1.165, 1.54) is 32.0 Å². The van der Waals surface area contributed by atoms with Crippen molar-refractivity contribution in [2.24, 2.45) is 4.99 Å². The lowest BCUT2D eigenvalue weighted by atomic mass is 10.0. The summed E-state index contributed by atoms with van der Waals surface area (Å²) in [6.45, 7) is 14.6. The number of nitrogens with zero attached hydrogens (tertiary/aromatic N) is 7. The third-order valence-electron chi connectivity index (χ3n) is 7.45. The molecular formula is C27H34FN7. The lowest BCUT2D eigenvalue weighted by Gasteiger charge is -2.42. The average Bonchev–Trinajstić information content (AvgIpc) is 3.27. The fourth-order valence-electron chi connectivity index (χ4n) is 5.39. The van der Waals surface area contributed by atoms with E-state index in [1.807, 2.05) is 25.3 Å². The number of para-hydroxylation sites is 1. The third kappa shape index (κ3) is 4.73. The predicted molar refractivity (Wildman–Crippen MR) is 140 cm³/mol. The summed E-state index contributed by atoms with van der Waals surface area (Å²) in [5.74, 6) is 0.316. The van der Waals surface area contributed by atoms with Crippen LogP contribution >= 0.6 is 0 Å². The van der Waals surface area contributed by atoms with Crippen LogP contribution in [0.3, 0.4) is 0 Å². The smallest absolute Gasteiger partial charge is 0.162 e. The molecule has 0 saturated carbocycles. The number of fused-ring (bicyclic) bond motifs is 1. The van der Waals surface area contributed by atoms with Gasteiger partial charge in [0, 0.05) is 73.9 Å². The lowest BCUT2D eigenvalue weighted by Crippen LogP contribution is -2.52. The van der Waals surface area contributed by atoms with Crippen LogP contribution in [0.4, 0.5) is 10.2 Å². The van der Waals surface area contributed by atoms with Crippen molar-refractivity contribution in [3.8, 4) is 11.1 Å². The first-order valence-corrected chi connectivity index (χ1v) is 12.4. The normalized spacial score (nSPS) is 19.0. The Morgan fingerprint density at radius 2 is 1.86 bits per heavy atom. The summed E-state index contributed by atoms with van der Waals surface area (Å²) in [6.07, 6.45) is 6.17. The van der Waals surface area contributed by atoms with Crippen LogP contribution in [0.25, 0.3) is 28.2 Å². The molecule has 7 nitrogen and oxygen atoms in total. The second kappa shape index (κ2) is 9.87. The number of piperazine rings is 1. The van der Waals surface area contributed by atoms with Gasteiger partial charge >= 0.3 is 0 Å². The van der Waals surface area contributed by atoms with Gasteiger partial charge in [-0.25, -0.2) is 14.1 Å². The topological polar surface area (TPSA) is 52.8 Å². The van der Waals surface area contributed by atoms with Gasteiger partial charge in [0.1, 0.15) is 11.3 Å². The third-order valence-corrected chi connectivity index (χ3v) is 7.45. The largest absolute Gasteiger partial charge is 0.374 e. The Labute approximate surface area is 206 Å². The summed E-state index contributed by atoms with van der Waals surface area (Å²) in [6, 6.07) is 7.67.